The molecule has 0 saturated carbocycles. The summed E-state index contributed by atoms with van der Waals surface area (Å²) >= 11 is 0. The molecule has 0 unspecified atom stereocenters. The molecule has 0 rings (SSSR count). The molecule has 0 aromatic heterocycles. The molecule has 0 aliphatic heterocycles. The van der Waals surface area contributed by atoms with Crippen molar-refractivity contribution < 1.29 is 0 Å². The molecule has 0 amide bonds. The van der Waals surface area contributed by atoms with Crippen LogP contribution in [0.25, 0.3) is 0 Å². The van der Waals surface area contributed by atoms with Crippen molar-refractivity contribution >= 4 is 12.4 Å². The van der Waals surface area contributed by atoms with Crippen LogP contribution in [-0.4, -0.2) is 25.5 Å². The largest absolute Gasteiger partial charge is 0.291 e. The van der Waals surface area contributed by atoms with Crippen LogP contribution in [-0.2, 0) is 0 Å². The van der Waals surface area contributed by atoms with E-state index in [-0.39, 0.29) is 0 Å². The smallest absolute Gasteiger partial charge is 0.0412 e. The predicted molar refractivity (Wildman–Crippen MR) is 56.4 cm³/mol. The van der Waals surface area contributed by atoms with Crippen molar-refractivity contribution in [2.75, 3.05) is 13.1 Å². The van der Waals surface area contributed by atoms with Gasteiger partial charge in [-0.2, -0.15) is 0 Å². The Balaban J connectivity index is 3.39. The van der Waals surface area contributed by atoms with Gasteiger partial charge in [-0.15, -0.1) is 0 Å². The second kappa shape index (κ2) is 7.01. The van der Waals surface area contributed by atoms with Crippen LogP contribution in [0.2, 0.25) is 0 Å². The van der Waals surface area contributed by atoms with E-state index in [2.05, 4.69) is 37.7 Å². The van der Waals surface area contributed by atoms with Crippen LogP contribution in [0, 0.1) is 11.8 Å². The zero-order valence-corrected chi connectivity index (χ0v) is 8.62. The van der Waals surface area contributed by atoms with E-state index in [9.17, 15) is 0 Å². The van der Waals surface area contributed by atoms with Gasteiger partial charge in [0.05, 0.1) is 0 Å². The molecule has 12 heavy (non-hydrogen) atoms. The van der Waals surface area contributed by atoms with E-state index in [4.69, 9.17) is 0 Å². The van der Waals surface area contributed by atoms with Crippen LogP contribution < -0.4 is 0 Å². The van der Waals surface area contributed by atoms with Gasteiger partial charge in [0.2, 0.25) is 0 Å². The Morgan fingerprint density at radius 2 is 1.17 bits per heavy atom. The normalized spacial score (nSPS) is 12.8. The van der Waals surface area contributed by atoms with Gasteiger partial charge in [0.1, 0.15) is 0 Å². The Bertz CT molecular complexity index is 128. The first-order valence-corrected chi connectivity index (χ1v) is 4.61. The lowest BCUT2D eigenvalue weighted by Crippen LogP contribution is -1.94. The summed E-state index contributed by atoms with van der Waals surface area (Å²) in [6.07, 6.45) is 3.59. The standard InChI is InChI=1S/C10H20N2/c1-9(2)7-11-5-6-12-8-10(3)4/h5-6,9-10H,7-8H2,1-4H3. The van der Waals surface area contributed by atoms with E-state index in [1.54, 1.807) is 12.4 Å². The van der Waals surface area contributed by atoms with Crippen molar-refractivity contribution in [1.82, 2.24) is 0 Å². The van der Waals surface area contributed by atoms with E-state index in [1.807, 2.05) is 0 Å². The molecule has 0 aliphatic carbocycles. The fourth-order valence-corrected chi connectivity index (χ4v) is 0.638. The fraction of sp³-hybridized carbons (Fsp3) is 0.800. The minimum Gasteiger partial charge on any atom is -0.291 e. The number of hydrogen-bond acceptors (Lipinski definition) is 2. The van der Waals surface area contributed by atoms with Crippen LogP contribution in [0.4, 0.5) is 0 Å². The first kappa shape index (κ1) is 11.3. The summed E-state index contributed by atoms with van der Waals surface area (Å²) in [6.45, 7) is 10.4. The Labute approximate surface area is 75.8 Å². The molecule has 0 heterocycles. The van der Waals surface area contributed by atoms with E-state index < -0.39 is 0 Å². The molecule has 0 aromatic rings. The van der Waals surface area contributed by atoms with Gasteiger partial charge in [-0.05, 0) is 11.8 Å². The van der Waals surface area contributed by atoms with Gasteiger partial charge in [0.25, 0.3) is 0 Å². The van der Waals surface area contributed by atoms with Gasteiger partial charge < -0.3 is 0 Å². The second-order valence-corrected chi connectivity index (χ2v) is 3.82. The molecule has 70 valence electrons. The van der Waals surface area contributed by atoms with Gasteiger partial charge in [0.15, 0.2) is 0 Å². The highest BCUT2D eigenvalue weighted by Gasteiger charge is 1.87. The molecule has 0 fully saturated rings. The maximum atomic E-state index is 4.19. The molecule has 0 atom stereocenters. The van der Waals surface area contributed by atoms with Gasteiger partial charge in [-0.3, -0.25) is 9.98 Å². The van der Waals surface area contributed by atoms with Gasteiger partial charge in [-0.1, -0.05) is 27.7 Å². The summed E-state index contributed by atoms with van der Waals surface area (Å²) in [5.41, 5.74) is 0. The Morgan fingerprint density at radius 1 is 0.833 bits per heavy atom. The van der Waals surface area contributed by atoms with E-state index in [0.717, 1.165) is 13.1 Å². The number of hydrogen-bond donors (Lipinski definition) is 0. The SMILES string of the molecule is CC(C)CN=CC=NCC(C)C. The lowest BCUT2D eigenvalue weighted by atomic mass is 10.2. The Hall–Kier alpha value is -0.660. The van der Waals surface area contributed by atoms with Crippen LogP contribution in [0.1, 0.15) is 27.7 Å². The molecular weight excluding hydrogens is 148 g/mol. The molecule has 0 aromatic carbocycles. The summed E-state index contributed by atoms with van der Waals surface area (Å²) in [4.78, 5) is 8.39. The number of rotatable bonds is 5. The summed E-state index contributed by atoms with van der Waals surface area (Å²) in [6, 6.07) is 0. The van der Waals surface area contributed by atoms with Gasteiger partial charge in [-0.25, -0.2) is 0 Å². The summed E-state index contributed by atoms with van der Waals surface area (Å²) in [5.74, 6) is 1.28. The Morgan fingerprint density at radius 3 is 1.42 bits per heavy atom. The monoisotopic (exact) mass is 168 g/mol. The van der Waals surface area contributed by atoms with Crippen molar-refractivity contribution in [3.8, 4) is 0 Å². The highest BCUT2D eigenvalue weighted by atomic mass is 14.7. The highest BCUT2D eigenvalue weighted by molar-refractivity contribution is 6.15. The highest BCUT2D eigenvalue weighted by Crippen LogP contribution is 1.90. The average Bonchev–Trinajstić information content (AvgIpc) is 1.95. The van der Waals surface area contributed by atoms with Crippen molar-refractivity contribution in [3.05, 3.63) is 0 Å². The molecule has 0 N–H and O–H groups in total. The molecule has 0 aliphatic rings. The van der Waals surface area contributed by atoms with Crippen LogP contribution in [0.5, 0.6) is 0 Å². The first-order chi connectivity index (χ1) is 5.63. The Kier molecular flexibility index (Phi) is 6.63. The zero-order chi connectivity index (χ0) is 9.40. The minimum absolute atomic E-state index is 0.639. The van der Waals surface area contributed by atoms with E-state index in [1.165, 1.54) is 0 Å². The lowest BCUT2D eigenvalue weighted by Gasteiger charge is -1.96. The van der Waals surface area contributed by atoms with E-state index >= 15 is 0 Å². The van der Waals surface area contributed by atoms with Crippen LogP contribution in [0.3, 0.4) is 0 Å². The first-order valence-electron chi connectivity index (χ1n) is 4.61. The van der Waals surface area contributed by atoms with E-state index in [0.29, 0.717) is 11.8 Å². The maximum absolute atomic E-state index is 4.19. The number of nitrogens with zero attached hydrogens (tertiary/aromatic N) is 2. The van der Waals surface area contributed by atoms with Gasteiger partial charge >= 0.3 is 0 Å². The zero-order valence-electron chi connectivity index (χ0n) is 8.62. The third kappa shape index (κ3) is 9.34. The van der Waals surface area contributed by atoms with Crippen LogP contribution >= 0.6 is 0 Å². The molecule has 0 spiro atoms. The van der Waals surface area contributed by atoms with Crippen LogP contribution in [0.15, 0.2) is 9.98 Å². The topological polar surface area (TPSA) is 24.7 Å². The third-order valence-electron chi connectivity index (χ3n) is 1.22. The summed E-state index contributed by atoms with van der Waals surface area (Å²) in [7, 11) is 0. The average molecular weight is 168 g/mol. The summed E-state index contributed by atoms with van der Waals surface area (Å²) < 4.78 is 0. The van der Waals surface area contributed by atoms with Crippen molar-refractivity contribution in [2.45, 2.75) is 27.7 Å². The molecule has 0 radical (unpaired) electrons. The predicted octanol–water partition coefficient (Wildman–Crippen LogP) is 2.44. The molecular formula is C10H20N2. The number of aliphatic imine (C=N–C) groups is 2. The van der Waals surface area contributed by atoms with Crippen molar-refractivity contribution in [1.29, 1.82) is 0 Å². The van der Waals surface area contributed by atoms with Crippen molar-refractivity contribution in [2.24, 2.45) is 21.8 Å². The third-order valence-corrected chi connectivity index (χ3v) is 1.22. The lowest BCUT2D eigenvalue weighted by molar-refractivity contribution is 0.665. The van der Waals surface area contributed by atoms with Gasteiger partial charge in [0, 0.05) is 25.5 Å². The fourth-order valence-electron chi connectivity index (χ4n) is 0.638. The minimum atomic E-state index is 0.639. The van der Waals surface area contributed by atoms with Crippen molar-refractivity contribution in [3.63, 3.8) is 0 Å². The second-order valence-electron chi connectivity index (χ2n) is 3.82. The summed E-state index contributed by atoms with van der Waals surface area (Å²) in [5, 5.41) is 0. The maximum Gasteiger partial charge on any atom is 0.0412 e. The molecule has 0 saturated heterocycles. The molecule has 2 heteroatoms. The molecule has 2 nitrogen and oxygen atoms in total. The molecule has 0 bridgehead atoms. The quantitative estimate of drug-likeness (QED) is 0.563.